The fraction of sp³-hybridized carbons (Fsp3) is 0.727. The van der Waals surface area contributed by atoms with Gasteiger partial charge in [-0.1, -0.05) is 11.6 Å². The maximum atomic E-state index is 6.18. The van der Waals surface area contributed by atoms with Crippen LogP contribution in [0.25, 0.3) is 0 Å². The van der Waals surface area contributed by atoms with Crippen LogP contribution in [-0.4, -0.2) is 27.3 Å². The Labute approximate surface area is 106 Å². The molecule has 1 unspecified atom stereocenters. The minimum absolute atomic E-state index is 0.785. The minimum atomic E-state index is 0.785. The van der Waals surface area contributed by atoms with Crippen molar-refractivity contribution in [3.8, 4) is 0 Å². The maximum Gasteiger partial charge on any atom is 0.0860 e. The second-order valence-electron chi connectivity index (χ2n) is 4.24. The Morgan fingerprint density at radius 2 is 2.44 bits per heavy atom. The number of aryl methyl sites for hydroxylation is 2. The molecule has 90 valence electrons. The Bertz CT molecular complexity index is 358. The monoisotopic (exact) mass is 259 g/mol. The van der Waals surface area contributed by atoms with Crippen LogP contribution in [-0.2, 0) is 13.6 Å². The van der Waals surface area contributed by atoms with Gasteiger partial charge >= 0.3 is 0 Å². The van der Waals surface area contributed by atoms with E-state index in [0.717, 1.165) is 34.7 Å². The van der Waals surface area contributed by atoms with Gasteiger partial charge in [0.25, 0.3) is 0 Å². The van der Waals surface area contributed by atoms with Crippen molar-refractivity contribution in [2.75, 3.05) is 12.3 Å². The van der Waals surface area contributed by atoms with Crippen LogP contribution in [0.15, 0.2) is 0 Å². The van der Waals surface area contributed by atoms with Gasteiger partial charge in [0.1, 0.15) is 0 Å². The van der Waals surface area contributed by atoms with Crippen LogP contribution in [0.1, 0.15) is 24.2 Å². The summed E-state index contributed by atoms with van der Waals surface area (Å²) in [6.45, 7) is 3.83. The SMILES string of the molecule is Cc1nn(C)c(CNCC2CCCS2)c1Cl. The van der Waals surface area contributed by atoms with E-state index in [1.165, 1.54) is 18.6 Å². The van der Waals surface area contributed by atoms with Gasteiger partial charge in [-0.05, 0) is 25.5 Å². The molecule has 1 aromatic rings. The molecule has 1 aliphatic heterocycles. The Balaban J connectivity index is 1.84. The summed E-state index contributed by atoms with van der Waals surface area (Å²) >= 11 is 8.25. The maximum absolute atomic E-state index is 6.18. The van der Waals surface area contributed by atoms with Crippen LogP contribution >= 0.6 is 23.4 Å². The third-order valence-corrected chi connectivity index (χ3v) is 4.84. The van der Waals surface area contributed by atoms with Crippen LogP contribution in [0.2, 0.25) is 5.02 Å². The van der Waals surface area contributed by atoms with Crippen molar-refractivity contribution in [3.63, 3.8) is 0 Å². The Hall–Kier alpha value is -0.190. The molecule has 2 heterocycles. The summed E-state index contributed by atoms with van der Waals surface area (Å²) in [5, 5.41) is 9.36. The number of nitrogens with zero attached hydrogens (tertiary/aromatic N) is 2. The summed E-state index contributed by atoms with van der Waals surface area (Å²) in [6.07, 6.45) is 2.71. The fourth-order valence-electron chi connectivity index (χ4n) is 2.03. The number of hydrogen-bond donors (Lipinski definition) is 1. The van der Waals surface area contributed by atoms with Gasteiger partial charge in [0, 0.05) is 25.4 Å². The first-order valence-electron chi connectivity index (χ1n) is 5.68. The Morgan fingerprint density at radius 1 is 1.62 bits per heavy atom. The zero-order valence-electron chi connectivity index (χ0n) is 9.79. The molecule has 1 saturated heterocycles. The summed E-state index contributed by atoms with van der Waals surface area (Å²) in [6, 6.07) is 0. The summed E-state index contributed by atoms with van der Waals surface area (Å²) in [4.78, 5) is 0. The molecule has 5 heteroatoms. The highest BCUT2D eigenvalue weighted by Gasteiger charge is 2.16. The first-order chi connectivity index (χ1) is 7.68. The Kier molecular flexibility index (Phi) is 4.16. The molecule has 1 aromatic heterocycles. The lowest BCUT2D eigenvalue weighted by Gasteiger charge is -2.10. The van der Waals surface area contributed by atoms with Crippen molar-refractivity contribution < 1.29 is 0 Å². The summed E-state index contributed by atoms with van der Waals surface area (Å²) < 4.78 is 1.87. The first kappa shape index (κ1) is 12.3. The van der Waals surface area contributed by atoms with E-state index in [-0.39, 0.29) is 0 Å². The van der Waals surface area contributed by atoms with Crippen molar-refractivity contribution >= 4 is 23.4 Å². The van der Waals surface area contributed by atoms with E-state index in [2.05, 4.69) is 22.2 Å². The zero-order valence-corrected chi connectivity index (χ0v) is 11.4. The lowest BCUT2D eigenvalue weighted by molar-refractivity contribution is 0.606. The highest BCUT2D eigenvalue weighted by atomic mass is 35.5. The molecule has 2 rings (SSSR count). The van der Waals surface area contributed by atoms with Crippen LogP contribution in [0.4, 0.5) is 0 Å². The van der Waals surface area contributed by atoms with Gasteiger partial charge in [-0.2, -0.15) is 16.9 Å². The zero-order chi connectivity index (χ0) is 11.5. The third-order valence-electron chi connectivity index (χ3n) is 2.95. The van der Waals surface area contributed by atoms with Crippen molar-refractivity contribution in [1.29, 1.82) is 0 Å². The van der Waals surface area contributed by atoms with Gasteiger partial charge in [0.05, 0.1) is 16.4 Å². The Morgan fingerprint density at radius 3 is 3.00 bits per heavy atom. The smallest absolute Gasteiger partial charge is 0.0860 e. The minimum Gasteiger partial charge on any atom is -0.310 e. The fourth-order valence-corrected chi connectivity index (χ4v) is 3.49. The molecule has 0 aliphatic carbocycles. The van der Waals surface area contributed by atoms with E-state index < -0.39 is 0 Å². The molecule has 1 atom stereocenters. The number of hydrogen-bond acceptors (Lipinski definition) is 3. The number of rotatable bonds is 4. The van der Waals surface area contributed by atoms with E-state index in [9.17, 15) is 0 Å². The second-order valence-corrected chi connectivity index (χ2v) is 6.02. The van der Waals surface area contributed by atoms with Crippen molar-refractivity contribution in [2.45, 2.75) is 31.6 Å². The van der Waals surface area contributed by atoms with Crippen molar-refractivity contribution in [1.82, 2.24) is 15.1 Å². The predicted octanol–water partition coefficient (Wildman–Crippen LogP) is 2.37. The normalized spacial score (nSPS) is 20.6. The van der Waals surface area contributed by atoms with Gasteiger partial charge in [0.15, 0.2) is 0 Å². The summed E-state index contributed by atoms with van der Waals surface area (Å²) in [7, 11) is 1.94. The van der Waals surface area contributed by atoms with Gasteiger partial charge in [-0.3, -0.25) is 4.68 Å². The van der Waals surface area contributed by atoms with E-state index in [1.54, 1.807) is 0 Å². The molecule has 0 aromatic carbocycles. The highest BCUT2D eigenvalue weighted by Crippen LogP contribution is 2.25. The van der Waals surface area contributed by atoms with E-state index in [4.69, 9.17) is 11.6 Å². The van der Waals surface area contributed by atoms with E-state index >= 15 is 0 Å². The lowest BCUT2D eigenvalue weighted by Crippen LogP contribution is -2.23. The van der Waals surface area contributed by atoms with Gasteiger partial charge in [-0.25, -0.2) is 0 Å². The molecule has 0 spiro atoms. The number of aromatic nitrogens is 2. The largest absolute Gasteiger partial charge is 0.310 e. The average Bonchev–Trinajstić information content (AvgIpc) is 2.82. The molecule has 0 saturated carbocycles. The molecule has 1 fully saturated rings. The van der Waals surface area contributed by atoms with Crippen LogP contribution < -0.4 is 5.32 Å². The predicted molar refractivity (Wildman–Crippen MR) is 70.1 cm³/mol. The summed E-state index contributed by atoms with van der Waals surface area (Å²) in [5.74, 6) is 1.32. The average molecular weight is 260 g/mol. The quantitative estimate of drug-likeness (QED) is 0.900. The molecule has 0 bridgehead atoms. The number of thioether (sulfide) groups is 1. The molecule has 16 heavy (non-hydrogen) atoms. The van der Waals surface area contributed by atoms with Gasteiger partial charge < -0.3 is 5.32 Å². The molecule has 0 amide bonds. The van der Waals surface area contributed by atoms with Crippen molar-refractivity contribution in [3.05, 3.63) is 16.4 Å². The van der Waals surface area contributed by atoms with Crippen LogP contribution in [0, 0.1) is 6.92 Å². The molecular weight excluding hydrogens is 242 g/mol. The molecule has 0 radical (unpaired) electrons. The molecule has 1 N–H and O–H groups in total. The van der Waals surface area contributed by atoms with Gasteiger partial charge in [0.2, 0.25) is 0 Å². The molecular formula is C11H18ClN3S. The van der Waals surface area contributed by atoms with Crippen LogP contribution in [0.5, 0.6) is 0 Å². The van der Waals surface area contributed by atoms with E-state index in [0.29, 0.717) is 0 Å². The number of halogens is 1. The standard InChI is InChI=1S/C11H18ClN3S/c1-8-11(12)10(15(2)14-8)7-13-6-9-4-3-5-16-9/h9,13H,3-7H2,1-2H3. The van der Waals surface area contributed by atoms with Crippen LogP contribution in [0.3, 0.4) is 0 Å². The lowest BCUT2D eigenvalue weighted by atomic mass is 10.2. The van der Waals surface area contributed by atoms with Crippen molar-refractivity contribution in [2.24, 2.45) is 7.05 Å². The van der Waals surface area contributed by atoms with Gasteiger partial charge in [-0.15, -0.1) is 0 Å². The third kappa shape index (κ3) is 2.73. The van der Waals surface area contributed by atoms with E-state index in [1.807, 2.05) is 18.7 Å². The summed E-state index contributed by atoms with van der Waals surface area (Å²) in [5.41, 5.74) is 2.00. The topological polar surface area (TPSA) is 29.9 Å². The highest BCUT2D eigenvalue weighted by molar-refractivity contribution is 8.00. The first-order valence-corrected chi connectivity index (χ1v) is 7.11. The molecule has 1 aliphatic rings. The second kappa shape index (κ2) is 5.43. The number of nitrogens with one attached hydrogen (secondary N) is 1. The molecule has 3 nitrogen and oxygen atoms in total.